The Bertz CT molecular complexity index is 1900. The smallest absolute Gasteiger partial charge is 0.345 e. The molecule has 6 nitrogen and oxygen atoms in total. The number of nitrogens with one attached hydrogen (secondary N) is 1. The molecule has 46 heavy (non-hydrogen) atoms. The first kappa shape index (κ1) is 31.1. The number of benzene rings is 6. The highest BCUT2D eigenvalue weighted by atomic mass is 79.9. The third-order valence-corrected chi connectivity index (χ3v) is 8.87. The van der Waals surface area contributed by atoms with E-state index in [0.717, 1.165) is 48.6 Å². The highest BCUT2D eigenvalue weighted by Crippen LogP contribution is 2.45. The van der Waals surface area contributed by atoms with Crippen LogP contribution >= 0.6 is 15.9 Å². The van der Waals surface area contributed by atoms with Crippen molar-refractivity contribution in [2.45, 2.75) is 18.2 Å². The van der Waals surface area contributed by atoms with Crippen molar-refractivity contribution in [3.8, 4) is 11.5 Å². The zero-order valence-corrected chi connectivity index (χ0v) is 27.4. The summed E-state index contributed by atoms with van der Waals surface area (Å²) in [5.41, 5.74) is 1.54. The van der Waals surface area contributed by atoms with Gasteiger partial charge in [-0.3, -0.25) is 0 Å². The maximum Gasteiger partial charge on any atom is 0.345 e. The van der Waals surface area contributed by atoms with Crippen LogP contribution < -0.4 is 14.8 Å². The molecule has 0 saturated heterocycles. The average molecular weight is 677 g/mol. The lowest BCUT2D eigenvalue weighted by Gasteiger charge is -2.40. The Morgan fingerprint density at radius 3 is 1.80 bits per heavy atom. The van der Waals surface area contributed by atoms with Crippen LogP contribution in [0.4, 0.5) is 5.69 Å². The van der Waals surface area contributed by atoms with Gasteiger partial charge in [0.15, 0.2) is 0 Å². The van der Waals surface area contributed by atoms with Gasteiger partial charge in [-0.1, -0.05) is 88.7 Å². The minimum Gasteiger partial charge on any atom is -0.497 e. The molecule has 6 rings (SSSR count). The van der Waals surface area contributed by atoms with E-state index in [1.165, 1.54) is 7.11 Å². The van der Waals surface area contributed by atoms with Gasteiger partial charge in [-0.15, -0.1) is 0 Å². The van der Waals surface area contributed by atoms with Crippen molar-refractivity contribution < 1.29 is 23.7 Å². The number of hydrogen-bond acceptors (Lipinski definition) is 6. The molecule has 6 aromatic carbocycles. The van der Waals surface area contributed by atoms with E-state index >= 15 is 0 Å². The highest BCUT2D eigenvalue weighted by molar-refractivity contribution is 9.10. The maximum absolute atomic E-state index is 14.5. The Balaban J connectivity index is 1.58. The fourth-order valence-corrected chi connectivity index (χ4v) is 6.26. The largest absolute Gasteiger partial charge is 0.497 e. The Kier molecular flexibility index (Phi) is 9.24. The molecular formula is C39H34BrNO5. The molecule has 0 unspecified atom stereocenters. The van der Waals surface area contributed by atoms with Crippen LogP contribution in [0.3, 0.4) is 0 Å². The van der Waals surface area contributed by atoms with Gasteiger partial charge in [0, 0.05) is 10.2 Å². The van der Waals surface area contributed by atoms with Crippen molar-refractivity contribution in [3.63, 3.8) is 0 Å². The molecule has 0 aliphatic carbocycles. The van der Waals surface area contributed by atoms with Crippen molar-refractivity contribution >= 4 is 49.1 Å². The number of hydrogen-bond donors (Lipinski definition) is 1. The van der Waals surface area contributed by atoms with Crippen molar-refractivity contribution in [1.29, 1.82) is 0 Å². The van der Waals surface area contributed by atoms with Crippen LogP contribution in [0.5, 0.6) is 11.5 Å². The predicted molar refractivity (Wildman–Crippen MR) is 186 cm³/mol. The van der Waals surface area contributed by atoms with E-state index in [9.17, 15) is 4.79 Å². The van der Waals surface area contributed by atoms with E-state index in [-0.39, 0.29) is 6.61 Å². The number of rotatable bonds is 11. The molecule has 0 radical (unpaired) electrons. The molecule has 0 aliphatic rings. The lowest BCUT2D eigenvalue weighted by Crippen LogP contribution is -2.48. The number of anilines is 1. The minimum atomic E-state index is -1.65. The maximum atomic E-state index is 14.5. The number of esters is 1. The molecule has 0 heterocycles. The monoisotopic (exact) mass is 675 g/mol. The predicted octanol–water partition coefficient (Wildman–Crippen LogP) is 9.21. The van der Waals surface area contributed by atoms with Gasteiger partial charge < -0.3 is 24.3 Å². The molecule has 0 bridgehead atoms. The topological polar surface area (TPSA) is 66.0 Å². The number of fused-ring (bicyclic) bond motifs is 2. The standard InChI is InChI=1S/C39H34BrNO5/c1-43-32-20-14-29(15-21-32)39(38(42)45-3,37(26-12-16-30(40)17-13-26)41-31-18-22-33(44-2)23-19-31)46-25-36-34-10-6-4-8-27(34)24-28-9-5-7-11-35(28)36/h4-24,37,41H,25H2,1-3H3/t37-,39-/m0/s1. The third kappa shape index (κ3) is 6.04. The molecule has 232 valence electrons. The SMILES string of the molecule is COC(=O)[C@](OCc1c2ccccc2cc2ccccc12)(c1ccc(OC)cc1)[C@@H](Nc1ccc(OC)cc1)c1ccc(Br)cc1. The first-order chi connectivity index (χ1) is 22.5. The Morgan fingerprint density at radius 1 is 0.717 bits per heavy atom. The van der Waals surface area contributed by atoms with E-state index in [4.69, 9.17) is 18.9 Å². The summed E-state index contributed by atoms with van der Waals surface area (Å²) < 4.78 is 24.5. The second-order valence-corrected chi connectivity index (χ2v) is 11.8. The lowest BCUT2D eigenvalue weighted by atomic mass is 9.81. The average Bonchev–Trinajstić information content (AvgIpc) is 3.11. The molecule has 0 aromatic heterocycles. The Hall–Kier alpha value is -4.85. The van der Waals surface area contributed by atoms with E-state index in [1.807, 2.05) is 97.1 Å². The van der Waals surface area contributed by atoms with E-state index in [0.29, 0.717) is 11.3 Å². The van der Waals surface area contributed by atoms with E-state index in [1.54, 1.807) is 14.2 Å². The summed E-state index contributed by atoms with van der Waals surface area (Å²) in [6.07, 6.45) is 0. The van der Waals surface area contributed by atoms with Gasteiger partial charge in [0.1, 0.15) is 11.5 Å². The van der Waals surface area contributed by atoms with Gasteiger partial charge in [-0.25, -0.2) is 4.79 Å². The molecule has 0 spiro atoms. The number of halogens is 1. The van der Waals surface area contributed by atoms with Crippen molar-refractivity contribution in [2.24, 2.45) is 0 Å². The summed E-state index contributed by atoms with van der Waals surface area (Å²) in [5.74, 6) is 0.834. The normalized spacial score (nSPS) is 13.1. The number of ether oxygens (including phenoxy) is 4. The second-order valence-electron chi connectivity index (χ2n) is 10.9. The summed E-state index contributed by atoms with van der Waals surface area (Å²) in [6, 6.07) is 40.7. The molecule has 2 atom stereocenters. The fourth-order valence-electron chi connectivity index (χ4n) is 6.00. The molecule has 0 aliphatic heterocycles. The van der Waals surface area contributed by atoms with Crippen LogP contribution in [0.25, 0.3) is 21.5 Å². The zero-order chi connectivity index (χ0) is 32.1. The minimum absolute atomic E-state index is 0.125. The molecular weight excluding hydrogens is 642 g/mol. The molecule has 0 fully saturated rings. The molecule has 1 N–H and O–H groups in total. The van der Waals surface area contributed by atoms with Crippen molar-refractivity contribution in [3.05, 3.63) is 149 Å². The Morgan fingerprint density at radius 2 is 1.26 bits per heavy atom. The van der Waals surface area contributed by atoms with Gasteiger partial charge >= 0.3 is 5.97 Å². The van der Waals surface area contributed by atoms with Gasteiger partial charge in [-0.2, -0.15) is 0 Å². The van der Waals surface area contributed by atoms with E-state index in [2.05, 4.69) is 51.6 Å². The first-order valence-electron chi connectivity index (χ1n) is 14.9. The number of carbonyl (C=O) groups is 1. The van der Waals surface area contributed by atoms with E-state index < -0.39 is 17.6 Å². The second kappa shape index (κ2) is 13.6. The van der Waals surface area contributed by atoms with Crippen LogP contribution in [0, 0.1) is 0 Å². The molecule has 7 heteroatoms. The lowest BCUT2D eigenvalue weighted by molar-refractivity contribution is -0.177. The van der Waals surface area contributed by atoms with Crippen molar-refractivity contribution in [2.75, 3.05) is 26.6 Å². The van der Waals surface area contributed by atoms with Crippen LogP contribution in [0.15, 0.2) is 132 Å². The van der Waals surface area contributed by atoms with Gasteiger partial charge in [-0.05, 0) is 92.8 Å². The van der Waals surface area contributed by atoms with Gasteiger partial charge in [0.2, 0.25) is 5.60 Å². The van der Waals surface area contributed by atoms with Crippen molar-refractivity contribution in [1.82, 2.24) is 0 Å². The van der Waals surface area contributed by atoms with Crippen LogP contribution in [0.2, 0.25) is 0 Å². The quantitative estimate of drug-likeness (QED) is 0.109. The summed E-state index contributed by atoms with van der Waals surface area (Å²) in [7, 11) is 4.63. The van der Waals surface area contributed by atoms with Gasteiger partial charge in [0.05, 0.1) is 34.0 Å². The van der Waals surface area contributed by atoms with Gasteiger partial charge in [0.25, 0.3) is 0 Å². The molecule has 0 amide bonds. The van der Waals surface area contributed by atoms with Crippen LogP contribution in [0.1, 0.15) is 22.7 Å². The molecule has 6 aromatic rings. The first-order valence-corrected chi connectivity index (χ1v) is 15.7. The summed E-state index contributed by atoms with van der Waals surface area (Å²) in [5, 5.41) is 7.92. The van der Waals surface area contributed by atoms with Crippen LogP contribution in [-0.2, 0) is 26.5 Å². The highest BCUT2D eigenvalue weighted by Gasteiger charge is 2.51. The molecule has 0 saturated carbocycles. The zero-order valence-electron chi connectivity index (χ0n) is 25.8. The number of methoxy groups -OCH3 is 3. The summed E-state index contributed by atoms with van der Waals surface area (Å²) in [6.45, 7) is 0.125. The Labute approximate surface area is 277 Å². The fraction of sp³-hybridized carbons (Fsp3) is 0.154. The number of carbonyl (C=O) groups excluding carboxylic acids is 1. The van der Waals surface area contributed by atoms with Crippen LogP contribution in [-0.4, -0.2) is 27.3 Å². The summed E-state index contributed by atoms with van der Waals surface area (Å²) in [4.78, 5) is 14.5. The third-order valence-electron chi connectivity index (χ3n) is 8.35. The summed E-state index contributed by atoms with van der Waals surface area (Å²) >= 11 is 3.57.